The van der Waals surface area contributed by atoms with Crippen molar-refractivity contribution in [2.75, 3.05) is 0 Å². The van der Waals surface area contributed by atoms with E-state index in [4.69, 9.17) is 0 Å². The summed E-state index contributed by atoms with van der Waals surface area (Å²) in [6, 6.07) is 0. The first-order valence-corrected chi connectivity index (χ1v) is 5.16. The molecule has 0 saturated heterocycles. The highest BCUT2D eigenvalue weighted by atomic mass is 14.8. The van der Waals surface area contributed by atoms with E-state index in [1.165, 1.54) is 19.3 Å². The lowest BCUT2D eigenvalue weighted by molar-refractivity contribution is 0.0590. The molecule has 1 fully saturated rings. The molecule has 0 bridgehead atoms. The van der Waals surface area contributed by atoms with Crippen LogP contribution in [0.1, 0.15) is 53.9 Å². The molecular weight excluding hydrogens is 158 g/mol. The predicted octanol–water partition coefficient (Wildman–Crippen LogP) is 3.68. The Bertz CT molecular complexity index is 197. The lowest BCUT2D eigenvalue weighted by Crippen LogP contribution is -2.42. The number of hydrogen-bond donors (Lipinski definition) is 0. The monoisotopic (exact) mass is 181 g/mol. The Kier molecular flexibility index (Phi) is 2.34. The largest absolute Gasteiger partial charge is 0.295 e. The zero-order valence-electron chi connectivity index (χ0n) is 9.78. The summed E-state index contributed by atoms with van der Waals surface area (Å²) in [7, 11) is 0. The molecule has 1 rings (SSSR count). The van der Waals surface area contributed by atoms with Gasteiger partial charge in [0.1, 0.15) is 0 Å². The van der Waals surface area contributed by atoms with Crippen LogP contribution < -0.4 is 0 Å². The fourth-order valence-corrected chi connectivity index (χ4v) is 3.66. The molecule has 0 aliphatic heterocycles. The van der Waals surface area contributed by atoms with Crippen molar-refractivity contribution >= 4 is 6.72 Å². The minimum absolute atomic E-state index is 0.102. The Balaban J connectivity index is 2.90. The van der Waals surface area contributed by atoms with E-state index in [9.17, 15) is 0 Å². The van der Waals surface area contributed by atoms with Crippen LogP contribution in [0.4, 0.5) is 0 Å². The molecule has 0 aromatic carbocycles. The minimum Gasteiger partial charge on any atom is -0.295 e. The van der Waals surface area contributed by atoms with Gasteiger partial charge >= 0.3 is 0 Å². The molecule has 13 heavy (non-hydrogen) atoms. The second kappa shape index (κ2) is 2.83. The van der Waals surface area contributed by atoms with Crippen molar-refractivity contribution in [3.8, 4) is 0 Å². The SMILES string of the molecule is C=NC1(C)CC(C)(C)CC(C)(C)C1. The third kappa shape index (κ3) is 2.55. The molecule has 76 valence electrons. The van der Waals surface area contributed by atoms with E-state index in [0.717, 1.165) is 0 Å². The molecule has 1 nitrogen and oxygen atoms in total. The molecule has 0 N–H and O–H groups in total. The van der Waals surface area contributed by atoms with Crippen LogP contribution in [0.5, 0.6) is 0 Å². The first kappa shape index (κ1) is 10.7. The highest BCUT2D eigenvalue weighted by Crippen LogP contribution is 2.51. The fourth-order valence-electron chi connectivity index (χ4n) is 3.66. The summed E-state index contributed by atoms with van der Waals surface area (Å²) in [5.41, 5.74) is 0.931. The van der Waals surface area contributed by atoms with Crippen molar-refractivity contribution in [1.82, 2.24) is 0 Å². The Morgan fingerprint density at radius 3 is 1.54 bits per heavy atom. The summed E-state index contributed by atoms with van der Waals surface area (Å²) in [6.45, 7) is 15.4. The summed E-state index contributed by atoms with van der Waals surface area (Å²) in [4.78, 5) is 4.32. The van der Waals surface area contributed by atoms with Gasteiger partial charge in [-0.2, -0.15) is 0 Å². The molecule has 0 heterocycles. The third-order valence-electron chi connectivity index (χ3n) is 3.06. The lowest BCUT2D eigenvalue weighted by Gasteiger charge is -2.48. The smallest absolute Gasteiger partial charge is 0.0583 e. The maximum atomic E-state index is 4.32. The van der Waals surface area contributed by atoms with Crippen molar-refractivity contribution in [2.45, 2.75) is 59.4 Å². The molecule has 1 saturated carbocycles. The summed E-state index contributed by atoms with van der Waals surface area (Å²) in [5.74, 6) is 0. The van der Waals surface area contributed by atoms with Crippen LogP contribution in [-0.2, 0) is 0 Å². The summed E-state index contributed by atoms with van der Waals surface area (Å²) in [5, 5.41) is 0. The summed E-state index contributed by atoms with van der Waals surface area (Å²) in [6.07, 6.45) is 3.64. The van der Waals surface area contributed by atoms with Gasteiger partial charge in [0, 0.05) is 0 Å². The van der Waals surface area contributed by atoms with Crippen LogP contribution in [-0.4, -0.2) is 12.3 Å². The molecular formula is C12H23N. The number of rotatable bonds is 1. The molecule has 0 spiro atoms. The van der Waals surface area contributed by atoms with E-state index in [-0.39, 0.29) is 5.54 Å². The zero-order valence-corrected chi connectivity index (χ0v) is 9.78. The van der Waals surface area contributed by atoms with Gasteiger partial charge in [-0.15, -0.1) is 0 Å². The zero-order chi connectivity index (χ0) is 10.3. The molecule has 0 atom stereocenters. The van der Waals surface area contributed by atoms with Crippen LogP contribution in [0.25, 0.3) is 0 Å². The van der Waals surface area contributed by atoms with Gasteiger partial charge in [-0.3, -0.25) is 4.99 Å². The van der Waals surface area contributed by atoms with Gasteiger partial charge in [0.15, 0.2) is 0 Å². The van der Waals surface area contributed by atoms with E-state index in [1.807, 2.05) is 0 Å². The maximum absolute atomic E-state index is 4.32. The van der Waals surface area contributed by atoms with Crippen molar-refractivity contribution in [3.05, 3.63) is 0 Å². The van der Waals surface area contributed by atoms with Crippen LogP contribution in [0.3, 0.4) is 0 Å². The molecule has 1 aliphatic carbocycles. The average Bonchev–Trinajstić information content (AvgIpc) is 1.79. The number of hydrogen-bond acceptors (Lipinski definition) is 1. The van der Waals surface area contributed by atoms with Crippen molar-refractivity contribution in [3.63, 3.8) is 0 Å². The Labute approximate surface area is 82.6 Å². The maximum Gasteiger partial charge on any atom is 0.0583 e. The van der Waals surface area contributed by atoms with Crippen LogP contribution in [0.2, 0.25) is 0 Å². The van der Waals surface area contributed by atoms with Crippen LogP contribution in [0.15, 0.2) is 4.99 Å². The highest BCUT2D eigenvalue weighted by molar-refractivity contribution is 5.26. The molecule has 0 radical (unpaired) electrons. The van der Waals surface area contributed by atoms with Gasteiger partial charge in [-0.1, -0.05) is 27.7 Å². The Morgan fingerprint density at radius 1 is 0.846 bits per heavy atom. The van der Waals surface area contributed by atoms with E-state index in [2.05, 4.69) is 46.3 Å². The van der Waals surface area contributed by atoms with Gasteiger partial charge in [0.05, 0.1) is 5.54 Å². The van der Waals surface area contributed by atoms with Gasteiger partial charge in [-0.05, 0) is 43.7 Å². The number of aliphatic imine (C=N–C) groups is 1. The lowest BCUT2D eigenvalue weighted by atomic mass is 9.59. The van der Waals surface area contributed by atoms with Crippen molar-refractivity contribution in [2.24, 2.45) is 15.8 Å². The van der Waals surface area contributed by atoms with E-state index in [0.29, 0.717) is 10.8 Å². The standard InChI is InChI=1S/C12H23N/c1-10(2)7-11(3,4)9-12(5,8-10)13-6/h6-9H2,1-5H3. The van der Waals surface area contributed by atoms with Gasteiger partial charge < -0.3 is 0 Å². The summed E-state index contributed by atoms with van der Waals surface area (Å²) < 4.78 is 0. The normalized spacial score (nSPS) is 29.6. The topological polar surface area (TPSA) is 12.4 Å². The Morgan fingerprint density at radius 2 is 1.23 bits per heavy atom. The van der Waals surface area contributed by atoms with E-state index < -0.39 is 0 Å². The third-order valence-corrected chi connectivity index (χ3v) is 3.06. The molecule has 1 aliphatic rings. The van der Waals surface area contributed by atoms with Crippen LogP contribution >= 0.6 is 0 Å². The van der Waals surface area contributed by atoms with E-state index in [1.54, 1.807) is 0 Å². The second-order valence-corrected chi connectivity index (χ2v) is 6.51. The minimum atomic E-state index is 0.102. The van der Waals surface area contributed by atoms with Crippen molar-refractivity contribution in [1.29, 1.82) is 0 Å². The molecule has 1 heteroatoms. The molecule has 0 amide bonds. The quantitative estimate of drug-likeness (QED) is 0.547. The first-order chi connectivity index (χ1) is 5.68. The number of nitrogens with zero attached hydrogens (tertiary/aromatic N) is 1. The van der Waals surface area contributed by atoms with Gasteiger partial charge in [-0.25, -0.2) is 0 Å². The average molecular weight is 181 g/mol. The van der Waals surface area contributed by atoms with Gasteiger partial charge in [0.2, 0.25) is 0 Å². The fraction of sp³-hybridized carbons (Fsp3) is 0.917. The van der Waals surface area contributed by atoms with Crippen molar-refractivity contribution < 1.29 is 0 Å². The Hall–Kier alpha value is -0.330. The molecule has 0 aromatic rings. The van der Waals surface area contributed by atoms with Gasteiger partial charge in [0.25, 0.3) is 0 Å². The van der Waals surface area contributed by atoms with Crippen LogP contribution in [0, 0.1) is 10.8 Å². The first-order valence-electron chi connectivity index (χ1n) is 5.16. The van der Waals surface area contributed by atoms with E-state index >= 15 is 0 Å². The predicted molar refractivity (Wildman–Crippen MR) is 59.4 cm³/mol. The molecule has 0 unspecified atom stereocenters. The summed E-state index contributed by atoms with van der Waals surface area (Å²) >= 11 is 0. The second-order valence-electron chi connectivity index (χ2n) is 6.51. The molecule has 0 aromatic heterocycles. The highest BCUT2D eigenvalue weighted by Gasteiger charge is 2.44.